The topological polar surface area (TPSA) is 52.7 Å². The summed E-state index contributed by atoms with van der Waals surface area (Å²) in [5.74, 6) is -0.897. The lowest BCUT2D eigenvalue weighted by Gasteiger charge is -2.50. The number of thiophene rings is 2. The van der Waals surface area contributed by atoms with Gasteiger partial charge in [-0.15, -0.1) is 22.7 Å². The summed E-state index contributed by atoms with van der Waals surface area (Å²) in [6.07, 6.45) is 1.96. The lowest BCUT2D eigenvalue weighted by Crippen LogP contribution is -2.65. The Morgan fingerprint density at radius 1 is 1.12 bits per heavy atom. The van der Waals surface area contributed by atoms with E-state index in [0.717, 1.165) is 9.75 Å². The number of Topliss-reactive ketones (excluding diaryl/α,β-unsaturated/α-hetero) is 1. The number of benzene rings is 1. The highest BCUT2D eigenvalue weighted by molar-refractivity contribution is 7.11. The number of piperidine rings is 1. The maximum Gasteiger partial charge on any atom is 0.250 e. The minimum Gasteiger partial charge on any atom is -0.324 e. The predicted octanol–water partition coefficient (Wildman–Crippen LogP) is 4.41. The maximum atomic E-state index is 14.7. The fourth-order valence-electron chi connectivity index (χ4n) is 6.47. The van der Waals surface area contributed by atoms with Crippen LogP contribution in [0.25, 0.3) is 6.08 Å². The van der Waals surface area contributed by atoms with Crippen molar-refractivity contribution < 1.29 is 14.0 Å². The largest absolute Gasteiger partial charge is 0.324 e. The van der Waals surface area contributed by atoms with Gasteiger partial charge < -0.3 is 10.2 Å². The Kier molecular flexibility index (Phi) is 4.94. The normalized spacial score (nSPS) is 30.6. The van der Waals surface area contributed by atoms with Gasteiger partial charge in [0.05, 0.1) is 5.41 Å². The first-order valence-electron chi connectivity index (χ1n) is 11.2. The van der Waals surface area contributed by atoms with Crippen LogP contribution in [-0.2, 0) is 15.1 Å². The second-order valence-electron chi connectivity index (χ2n) is 9.46. The van der Waals surface area contributed by atoms with E-state index in [1.807, 2.05) is 60.1 Å². The summed E-state index contributed by atoms with van der Waals surface area (Å²) >= 11 is 3.19. The van der Waals surface area contributed by atoms with Gasteiger partial charge in [-0.05, 0) is 61.3 Å². The molecule has 34 heavy (non-hydrogen) atoms. The molecule has 174 valence electrons. The lowest BCUT2D eigenvalue weighted by molar-refractivity contribution is -0.146. The van der Waals surface area contributed by atoms with Gasteiger partial charge in [-0.2, -0.15) is 0 Å². The van der Waals surface area contributed by atoms with Gasteiger partial charge >= 0.3 is 0 Å². The first kappa shape index (κ1) is 21.9. The third kappa shape index (κ3) is 2.77. The van der Waals surface area contributed by atoms with Crippen molar-refractivity contribution in [1.82, 2.24) is 9.80 Å². The smallest absolute Gasteiger partial charge is 0.250 e. The van der Waals surface area contributed by atoms with Crippen LogP contribution in [0.5, 0.6) is 0 Å². The molecule has 6 rings (SSSR count). The number of nitrogens with one attached hydrogen (secondary N) is 1. The number of carbonyl (C=O) groups is 2. The monoisotopic (exact) mass is 493 g/mol. The number of ketones is 1. The van der Waals surface area contributed by atoms with E-state index in [-0.39, 0.29) is 17.6 Å². The third-order valence-corrected chi connectivity index (χ3v) is 9.43. The fourth-order valence-corrected chi connectivity index (χ4v) is 8.06. The number of carbonyl (C=O) groups excluding carboxylic acids is 2. The zero-order chi connectivity index (χ0) is 23.7. The van der Waals surface area contributed by atoms with Crippen LogP contribution in [0.15, 0.2) is 58.8 Å². The van der Waals surface area contributed by atoms with E-state index < -0.39 is 16.8 Å². The number of halogens is 1. The summed E-state index contributed by atoms with van der Waals surface area (Å²) in [6, 6.07) is 12.4. The number of likely N-dealkylation sites (tertiary alicyclic amines) is 2. The van der Waals surface area contributed by atoms with E-state index in [2.05, 4.69) is 10.2 Å². The predicted molar refractivity (Wildman–Crippen MR) is 134 cm³/mol. The minimum absolute atomic E-state index is 0.0194. The van der Waals surface area contributed by atoms with Gasteiger partial charge in [-0.3, -0.25) is 14.5 Å². The van der Waals surface area contributed by atoms with Crippen LogP contribution in [0.1, 0.15) is 21.2 Å². The average molecular weight is 494 g/mol. The van der Waals surface area contributed by atoms with E-state index in [0.29, 0.717) is 36.5 Å². The minimum atomic E-state index is -1.31. The number of likely N-dealkylation sites (N-methyl/N-ethyl adjacent to an activating group) is 2. The number of fused-ring (bicyclic) bond motifs is 3. The van der Waals surface area contributed by atoms with Crippen molar-refractivity contribution in [1.29, 1.82) is 0 Å². The van der Waals surface area contributed by atoms with Gasteiger partial charge in [0.1, 0.15) is 11.4 Å². The number of rotatable bonds is 2. The van der Waals surface area contributed by atoms with Gasteiger partial charge in [0.25, 0.3) is 5.91 Å². The van der Waals surface area contributed by atoms with E-state index in [4.69, 9.17) is 0 Å². The zero-order valence-electron chi connectivity index (χ0n) is 18.9. The van der Waals surface area contributed by atoms with E-state index in [1.165, 1.54) is 12.1 Å². The molecule has 5 nitrogen and oxygen atoms in total. The van der Waals surface area contributed by atoms with Crippen molar-refractivity contribution in [3.05, 3.63) is 79.9 Å². The van der Waals surface area contributed by atoms with Gasteiger partial charge in [0, 0.05) is 52.1 Å². The summed E-state index contributed by atoms with van der Waals surface area (Å²) < 4.78 is 14.6. The molecule has 3 aromatic rings. The lowest BCUT2D eigenvalue weighted by atomic mass is 9.57. The molecule has 3 aliphatic rings. The van der Waals surface area contributed by atoms with Crippen molar-refractivity contribution in [3.8, 4) is 0 Å². The van der Waals surface area contributed by atoms with Crippen molar-refractivity contribution in [2.45, 2.75) is 11.5 Å². The average Bonchev–Trinajstić information content (AvgIpc) is 3.58. The van der Waals surface area contributed by atoms with Crippen molar-refractivity contribution in [3.63, 3.8) is 0 Å². The van der Waals surface area contributed by atoms with E-state index >= 15 is 0 Å². The molecule has 2 spiro atoms. The van der Waals surface area contributed by atoms with Crippen LogP contribution in [0.3, 0.4) is 0 Å². The number of nitrogens with zero attached hydrogens (tertiary/aromatic N) is 2. The van der Waals surface area contributed by atoms with Gasteiger partial charge in [-0.25, -0.2) is 4.39 Å². The Morgan fingerprint density at radius 2 is 1.91 bits per heavy atom. The van der Waals surface area contributed by atoms with Crippen LogP contribution in [0.4, 0.5) is 10.1 Å². The van der Waals surface area contributed by atoms with Crippen LogP contribution in [-0.4, -0.2) is 55.2 Å². The standard InChI is InChI=1S/C26H24FN3O2S2/c1-29-13-16(11-18-5-3-9-33-18)23(31)25(15-29)20(22-6-4-10-34-22)14-30(2)26(25)19-12-17(27)7-8-21(19)28-24(26)32/h3-12,20H,13-15H2,1-2H3,(H,28,32). The Morgan fingerprint density at radius 3 is 2.65 bits per heavy atom. The number of hydrogen-bond donors (Lipinski definition) is 1. The van der Waals surface area contributed by atoms with E-state index in [9.17, 15) is 14.0 Å². The number of anilines is 1. The molecule has 0 radical (unpaired) electrons. The molecule has 0 bridgehead atoms. The SMILES string of the molecule is CN1CC(=Cc2cccs2)C(=O)C2(C1)C(c1cccs1)CN(C)C21C(=O)Nc2ccc(F)cc21. The molecule has 3 aliphatic heterocycles. The summed E-state index contributed by atoms with van der Waals surface area (Å²) in [5.41, 5.74) is -0.594. The summed E-state index contributed by atoms with van der Waals surface area (Å²) in [4.78, 5) is 34.9. The van der Waals surface area contributed by atoms with Crippen LogP contribution in [0, 0.1) is 11.2 Å². The van der Waals surface area contributed by atoms with E-state index in [1.54, 1.807) is 28.7 Å². The highest BCUT2D eigenvalue weighted by Gasteiger charge is 2.74. The molecule has 5 heterocycles. The molecule has 0 aliphatic carbocycles. The van der Waals surface area contributed by atoms with Crippen LogP contribution < -0.4 is 5.32 Å². The highest BCUT2D eigenvalue weighted by Crippen LogP contribution is 2.64. The Hall–Kier alpha value is -2.65. The Bertz CT molecular complexity index is 1320. The highest BCUT2D eigenvalue weighted by atomic mass is 32.1. The van der Waals surface area contributed by atoms with Gasteiger partial charge in [0.15, 0.2) is 5.78 Å². The van der Waals surface area contributed by atoms with Crippen LogP contribution >= 0.6 is 22.7 Å². The summed E-state index contributed by atoms with van der Waals surface area (Å²) in [7, 11) is 3.88. The molecule has 2 fully saturated rings. The quantitative estimate of drug-likeness (QED) is 0.538. The molecule has 2 aromatic heterocycles. The van der Waals surface area contributed by atoms with Crippen molar-refractivity contribution >= 4 is 46.1 Å². The number of amides is 1. The van der Waals surface area contributed by atoms with Gasteiger partial charge in [-0.1, -0.05) is 12.1 Å². The molecule has 1 aromatic carbocycles. The third-order valence-electron chi connectivity index (χ3n) is 7.62. The second-order valence-corrected chi connectivity index (χ2v) is 11.4. The fraction of sp³-hybridized carbons (Fsp3) is 0.308. The molecule has 8 heteroatoms. The van der Waals surface area contributed by atoms with Crippen LogP contribution in [0.2, 0.25) is 0 Å². The first-order chi connectivity index (χ1) is 16.4. The van der Waals surface area contributed by atoms with Crippen molar-refractivity contribution in [2.75, 3.05) is 39.0 Å². The maximum absolute atomic E-state index is 14.7. The molecule has 2 saturated heterocycles. The molecular formula is C26H24FN3O2S2. The van der Waals surface area contributed by atoms with Crippen molar-refractivity contribution in [2.24, 2.45) is 5.41 Å². The molecule has 1 amide bonds. The molecular weight excluding hydrogens is 469 g/mol. The molecule has 3 unspecified atom stereocenters. The van der Waals surface area contributed by atoms with Gasteiger partial charge in [0.2, 0.25) is 0 Å². The molecule has 0 saturated carbocycles. The second kappa shape index (κ2) is 7.68. The first-order valence-corrected chi connectivity index (χ1v) is 13.0. The Labute approximate surface area is 205 Å². The molecule has 3 atom stereocenters. The summed E-state index contributed by atoms with van der Waals surface area (Å²) in [6.45, 7) is 1.44. The molecule has 1 N–H and O–H groups in total. The summed E-state index contributed by atoms with van der Waals surface area (Å²) in [5, 5.41) is 6.99. The number of hydrogen-bond acceptors (Lipinski definition) is 6. The zero-order valence-corrected chi connectivity index (χ0v) is 20.5. The Balaban J connectivity index is 1.65.